The zero-order valence-corrected chi connectivity index (χ0v) is 12.6. The summed E-state index contributed by atoms with van der Waals surface area (Å²) < 4.78 is 10.3. The zero-order chi connectivity index (χ0) is 15.1. The smallest absolute Gasteiger partial charge is 0.341 e. The number of esters is 1. The van der Waals surface area contributed by atoms with Crippen molar-refractivity contribution in [2.45, 2.75) is 13.8 Å². The molecule has 0 unspecified atom stereocenters. The van der Waals surface area contributed by atoms with Gasteiger partial charge in [0.25, 0.3) is 0 Å². The summed E-state index contributed by atoms with van der Waals surface area (Å²) in [6.07, 6.45) is 1.51. The second-order valence-corrected chi connectivity index (χ2v) is 4.79. The van der Waals surface area contributed by atoms with Gasteiger partial charge in [-0.1, -0.05) is 0 Å². The summed E-state index contributed by atoms with van der Waals surface area (Å²) in [5, 5.41) is 3.17. The molecule has 1 saturated heterocycles. The maximum absolute atomic E-state index is 11.7. The predicted octanol–water partition coefficient (Wildman–Crippen LogP) is 0.706. The molecule has 1 N–H and O–H groups in total. The van der Waals surface area contributed by atoms with Gasteiger partial charge in [0.05, 0.1) is 31.1 Å². The van der Waals surface area contributed by atoms with Crippen LogP contribution in [-0.2, 0) is 9.47 Å². The number of carbonyl (C=O) groups excluding carboxylic acids is 1. The monoisotopic (exact) mass is 294 g/mol. The van der Waals surface area contributed by atoms with E-state index in [1.807, 2.05) is 0 Å². The number of aryl methyl sites for hydroxylation is 1. The second-order valence-electron chi connectivity index (χ2n) is 4.79. The molecule has 2 heterocycles. The third-order valence-electron chi connectivity index (χ3n) is 3.29. The lowest BCUT2D eigenvalue weighted by Gasteiger charge is -2.26. The average Bonchev–Trinajstić information content (AvgIpc) is 2.48. The molecule has 0 spiro atoms. The highest BCUT2D eigenvalue weighted by Gasteiger charge is 2.13. The molecule has 21 heavy (non-hydrogen) atoms. The van der Waals surface area contributed by atoms with E-state index < -0.39 is 0 Å². The van der Waals surface area contributed by atoms with Crippen LogP contribution in [0.15, 0.2) is 6.20 Å². The molecule has 1 aromatic heterocycles. The van der Waals surface area contributed by atoms with Crippen molar-refractivity contribution in [1.29, 1.82) is 0 Å². The molecule has 1 aliphatic rings. The number of hydrogen-bond donors (Lipinski definition) is 1. The number of nitrogens with zero attached hydrogens (tertiary/aromatic N) is 3. The van der Waals surface area contributed by atoms with Gasteiger partial charge in [0.15, 0.2) is 0 Å². The van der Waals surface area contributed by atoms with Crippen molar-refractivity contribution in [3.63, 3.8) is 0 Å². The van der Waals surface area contributed by atoms with Gasteiger partial charge in [-0.2, -0.15) is 0 Å². The highest BCUT2D eigenvalue weighted by atomic mass is 16.5. The molecular weight excluding hydrogens is 272 g/mol. The summed E-state index contributed by atoms with van der Waals surface area (Å²) in [5.41, 5.74) is 1.04. The summed E-state index contributed by atoms with van der Waals surface area (Å²) in [6.45, 7) is 9.10. The molecule has 1 aromatic rings. The van der Waals surface area contributed by atoms with E-state index in [1.54, 1.807) is 13.8 Å². The summed E-state index contributed by atoms with van der Waals surface area (Å²) >= 11 is 0. The zero-order valence-electron chi connectivity index (χ0n) is 12.6. The SMILES string of the molecule is CCOC(=O)c1cnc(NCCN2CCOCC2)nc1C. The minimum atomic E-state index is -0.380. The van der Waals surface area contributed by atoms with Crippen molar-refractivity contribution in [3.8, 4) is 0 Å². The maximum atomic E-state index is 11.7. The Morgan fingerprint density at radius 2 is 2.24 bits per heavy atom. The maximum Gasteiger partial charge on any atom is 0.341 e. The summed E-state index contributed by atoms with van der Waals surface area (Å²) in [7, 11) is 0. The van der Waals surface area contributed by atoms with Crippen molar-refractivity contribution in [3.05, 3.63) is 17.5 Å². The van der Waals surface area contributed by atoms with Crippen molar-refractivity contribution < 1.29 is 14.3 Å². The molecule has 0 aromatic carbocycles. The number of anilines is 1. The van der Waals surface area contributed by atoms with Gasteiger partial charge in [0.1, 0.15) is 0 Å². The number of rotatable bonds is 6. The van der Waals surface area contributed by atoms with E-state index in [0.29, 0.717) is 23.8 Å². The van der Waals surface area contributed by atoms with Crippen LogP contribution in [0.5, 0.6) is 0 Å². The largest absolute Gasteiger partial charge is 0.462 e. The lowest BCUT2D eigenvalue weighted by Crippen LogP contribution is -2.39. The standard InChI is InChI=1S/C14H22N4O3/c1-3-21-13(19)12-10-16-14(17-11(12)2)15-4-5-18-6-8-20-9-7-18/h10H,3-9H2,1-2H3,(H,15,16,17). The van der Waals surface area contributed by atoms with E-state index in [4.69, 9.17) is 9.47 Å². The third-order valence-corrected chi connectivity index (χ3v) is 3.29. The van der Waals surface area contributed by atoms with Gasteiger partial charge in [0, 0.05) is 32.4 Å². The minimum Gasteiger partial charge on any atom is -0.462 e. The summed E-state index contributed by atoms with van der Waals surface area (Å²) in [4.78, 5) is 22.4. The van der Waals surface area contributed by atoms with Gasteiger partial charge in [-0.25, -0.2) is 14.8 Å². The lowest BCUT2D eigenvalue weighted by atomic mass is 10.2. The van der Waals surface area contributed by atoms with Crippen LogP contribution in [-0.4, -0.2) is 66.8 Å². The van der Waals surface area contributed by atoms with E-state index in [0.717, 1.165) is 39.4 Å². The molecule has 0 amide bonds. The van der Waals surface area contributed by atoms with Gasteiger partial charge in [-0.15, -0.1) is 0 Å². The average molecular weight is 294 g/mol. The van der Waals surface area contributed by atoms with Crippen LogP contribution in [0.25, 0.3) is 0 Å². The molecule has 0 saturated carbocycles. The van der Waals surface area contributed by atoms with E-state index in [2.05, 4.69) is 20.2 Å². The first-order chi connectivity index (χ1) is 10.2. The molecule has 1 fully saturated rings. The van der Waals surface area contributed by atoms with Crippen LogP contribution in [0.1, 0.15) is 23.0 Å². The highest BCUT2D eigenvalue weighted by Crippen LogP contribution is 2.08. The van der Waals surface area contributed by atoms with Gasteiger partial charge in [-0.3, -0.25) is 4.90 Å². The Kier molecular flexibility index (Phi) is 5.89. The molecule has 0 aliphatic carbocycles. The normalized spacial score (nSPS) is 15.7. The van der Waals surface area contributed by atoms with Crippen LogP contribution < -0.4 is 5.32 Å². The van der Waals surface area contributed by atoms with Gasteiger partial charge in [-0.05, 0) is 13.8 Å². The third kappa shape index (κ3) is 4.64. The molecule has 0 bridgehead atoms. The fourth-order valence-electron chi connectivity index (χ4n) is 2.11. The first kappa shape index (κ1) is 15.7. The molecule has 116 valence electrons. The fraction of sp³-hybridized carbons (Fsp3) is 0.643. The Morgan fingerprint density at radius 3 is 2.90 bits per heavy atom. The summed E-state index contributed by atoms with van der Waals surface area (Å²) in [5.74, 6) is 0.156. The van der Waals surface area contributed by atoms with Crippen molar-refractivity contribution >= 4 is 11.9 Å². The minimum absolute atomic E-state index is 0.345. The number of morpholine rings is 1. The number of carbonyl (C=O) groups is 1. The molecule has 7 nitrogen and oxygen atoms in total. The van der Waals surface area contributed by atoms with E-state index in [9.17, 15) is 4.79 Å². The van der Waals surface area contributed by atoms with Crippen molar-refractivity contribution in [1.82, 2.24) is 14.9 Å². The Labute approximate surface area is 124 Å². The molecule has 1 aliphatic heterocycles. The number of aromatic nitrogens is 2. The van der Waals surface area contributed by atoms with E-state index >= 15 is 0 Å². The van der Waals surface area contributed by atoms with E-state index in [-0.39, 0.29) is 5.97 Å². The van der Waals surface area contributed by atoms with Gasteiger partial charge < -0.3 is 14.8 Å². The Morgan fingerprint density at radius 1 is 1.48 bits per heavy atom. The Hall–Kier alpha value is -1.73. The first-order valence-corrected chi connectivity index (χ1v) is 7.25. The number of nitrogens with one attached hydrogen (secondary N) is 1. The Balaban J connectivity index is 1.83. The van der Waals surface area contributed by atoms with Crippen LogP contribution in [0, 0.1) is 6.92 Å². The number of ether oxygens (including phenoxy) is 2. The van der Waals surface area contributed by atoms with Crippen molar-refractivity contribution in [2.24, 2.45) is 0 Å². The molecule has 7 heteroatoms. The topological polar surface area (TPSA) is 76.6 Å². The van der Waals surface area contributed by atoms with Gasteiger partial charge in [0.2, 0.25) is 5.95 Å². The van der Waals surface area contributed by atoms with Crippen LogP contribution in [0.3, 0.4) is 0 Å². The van der Waals surface area contributed by atoms with Crippen molar-refractivity contribution in [2.75, 3.05) is 51.3 Å². The Bertz CT molecular complexity index is 475. The molecule has 0 atom stereocenters. The fourth-order valence-corrected chi connectivity index (χ4v) is 2.11. The lowest BCUT2D eigenvalue weighted by molar-refractivity contribution is 0.0398. The van der Waals surface area contributed by atoms with Gasteiger partial charge >= 0.3 is 5.97 Å². The van der Waals surface area contributed by atoms with Crippen LogP contribution in [0.4, 0.5) is 5.95 Å². The van der Waals surface area contributed by atoms with Crippen LogP contribution in [0.2, 0.25) is 0 Å². The molecule has 0 radical (unpaired) electrons. The van der Waals surface area contributed by atoms with E-state index in [1.165, 1.54) is 6.20 Å². The second kappa shape index (κ2) is 7.90. The molecular formula is C14H22N4O3. The van der Waals surface area contributed by atoms with Crippen LogP contribution >= 0.6 is 0 Å². The molecule has 2 rings (SSSR count). The number of hydrogen-bond acceptors (Lipinski definition) is 7. The predicted molar refractivity (Wildman–Crippen MR) is 78.5 cm³/mol. The first-order valence-electron chi connectivity index (χ1n) is 7.25. The highest BCUT2D eigenvalue weighted by molar-refractivity contribution is 5.90. The summed E-state index contributed by atoms with van der Waals surface area (Å²) in [6, 6.07) is 0. The quantitative estimate of drug-likeness (QED) is 0.774.